The number of ether oxygens (including phenoxy) is 1. The Morgan fingerprint density at radius 2 is 1.85 bits per heavy atom. The monoisotopic (exact) mass is 346 g/mol. The van der Waals surface area contributed by atoms with Crippen molar-refractivity contribution in [3.63, 3.8) is 0 Å². The van der Waals surface area contributed by atoms with E-state index in [1.54, 1.807) is 12.1 Å². The lowest BCUT2D eigenvalue weighted by Crippen LogP contribution is -2.28. The second-order valence-electron chi connectivity index (χ2n) is 5.36. The molecule has 26 heavy (non-hydrogen) atoms. The summed E-state index contributed by atoms with van der Waals surface area (Å²) in [5, 5.41) is 0. The molecular weight excluding hydrogens is 328 g/mol. The molecule has 2 N–H and O–H groups in total. The number of anilines is 1. The van der Waals surface area contributed by atoms with Gasteiger partial charge in [-0.2, -0.15) is 4.98 Å². The first-order valence-corrected chi connectivity index (χ1v) is 8.01. The third-order valence-electron chi connectivity index (χ3n) is 3.56. The lowest BCUT2D eigenvalue weighted by molar-refractivity contribution is -0.116. The molecule has 130 valence electrons. The van der Waals surface area contributed by atoms with Gasteiger partial charge in [0.1, 0.15) is 0 Å². The fraction of sp³-hybridized carbons (Fsp3) is 0.0500. The van der Waals surface area contributed by atoms with Crippen molar-refractivity contribution in [3.8, 4) is 17.0 Å². The number of hydrogen-bond acceptors (Lipinski definition) is 5. The number of nitrogens with one attached hydrogen (secondary N) is 2. The Balaban J connectivity index is 1.61. The van der Waals surface area contributed by atoms with Gasteiger partial charge < -0.3 is 4.74 Å². The molecule has 1 aromatic heterocycles. The van der Waals surface area contributed by atoms with E-state index in [2.05, 4.69) is 20.8 Å². The summed E-state index contributed by atoms with van der Waals surface area (Å²) in [6, 6.07) is 19.7. The van der Waals surface area contributed by atoms with Crippen LogP contribution < -0.4 is 15.6 Å². The molecular formula is C20H18N4O2. The predicted octanol–water partition coefficient (Wildman–Crippen LogP) is 3.31. The minimum atomic E-state index is -0.318. The molecule has 0 aliphatic rings. The molecule has 3 aromatic rings. The number of rotatable bonds is 6. The first-order valence-electron chi connectivity index (χ1n) is 8.01. The van der Waals surface area contributed by atoms with Crippen molar-refractivity contribution in [3.05, 3.63) is 78.5 Å². The maximum atomic E-state index is 12.0. The summed E-state index contributed by atoms with van der Waals surface area (Å²) in [4.78, 5) is 20.0. The normalized spacial score (nSPS) is 10.5. The van der Waals surface area contributed by atoms with E-state index in [9.17, 15) is 4.79 Å². The van der Waals surface area contributed by atoms with Crippen LogP contribution in [-0.4, -0.2) is 23.0 Å². The highest BCUT2D eigenvalue weighted by Crippen LogP contribution is 2.20. The Morgan fingerprint density at radius 1 is 1.04 bits per heavy atom. The molecule has 0 saturated carbocycles. The highest BCUT2D eigenvalue weighted by molar-refractivity contribution is 5.92. The number of hydrogen-bond donors (Lipinski definition) is 2. The topological polar surface area (TPSA) is 76.1 Å². The van der Waals surface area contributed by atoms with Crippen molar-refractivity contribution in [2.75, 3.05) is 12.5 Å². The molecule has 0 saturated heterocycles. The van der Waals surface area contributed by atoms with Gasteiger partial charge in [0.2, 0.25) is 11.8 Å². The van der Waals surface area contributed by atoms with Gasteiger partial charge in [-0.3, -0.25) is 15.6 Å². The summed E-state index contributed by atoms with van der Waals surface area (Å²) in [6.45, 7) is 0. The van der Waals surface area contributed by atoms with Crippen LogP contribution in [0.5, 0.6) is 5.88 Å². The number of benzene rings is 2. The van der Waals surface area contributed by atoms with Crippen LogP contribution in [0.15, 0.2) is 72.9 Å². The van der Waals surface area contributed by atoms with Crippen LogP contribution in [0, 0.1) is 0 Å². The summed E-state index contributed by atoms with van der Waals surface area (Å²) in [5.41, 5.74) is 8.30. The molecule has 0 aliphatic heterocycles. The number of carbonyl (C=O) groups excluding carboxylic acids is 1. The van der Waals surface area contributed by atoms with Gasteiger partial charge in [-0.25, -0.2) is 4.98 Å². The number of aromatic nitrogens is 2. The highest BCUT2D eigenvalue weighted by Gasteiger charge is 2.01. The molecule has 0 unspecified atom stereocenters. The molecule has 0 atom stereocenters. The Labute approximate surface area is 151 Å². The van der Waals surface area contributed by atoms with Crippen molar-refractivity contribution >= 4 is 17.9 Å². The second kappa shape index (κ2) is 8.43. The second-order valence-corrected chi connectivity index (χ2v) is 5.36. The van der Waals surface area contributed by atoms with E-state index in [4.69, 9.17) is 4.74 Å². The molecule has 0 aliphatic carbocycles. The largest absolute Gasteiger partial charge is 0.481 e. The van der Waals surface area contributed by atoms with E-state index in [1.165, 1.54) is 19.4 Å². The van der Waals surface area contributed by atoms with E-state index in [0.717, 1.165) is 16.7 Å². The Bertz CT molecular complexity index is 910. The smallest absolute Gasteiger partial charge is 0.262 e. The van der Waals surface area contributed by atoms with Crippen molar-refractivity contribution in [1.29, 1.82) is 0 Å². The quantitative estimate of drug-likeness (QED) is 0.529. The van der Waals surface area contributed by atoms with Crippen LogP contribution >= 0.6 is 0 Å². The van der Waals surface area contributed by atoms with Crippen LogP contribution in [0.4, 0.5) is 5.95 Å². The van der Waals surface area contributed by atoms with Crippen LogP contribution in [0.1, 0.15) is 5.56 Å². The van der Waals surface area contributed by atoms with Crippen LogP contribution in [-0.2, 0) is 4.79 Å². The summed E-state index contributed by atoms with van der Waals surface area (Å²) >= 11 is 0. The summed E-state index contributed by atoms with van der Waals surface area (Å²) in [6.07, 6.45) is 4.72. The predicted molar refractivity (Wildman–Crippen MR) is 101 cm³/mol. The van der Waals surface area contributed by atoms with E-state index in [0.29, 0.717) is 5.88 Å². The zero-order valence-electron chi connectivity index (χ0n) is 14.2. The molecule has 0 spiro atoms. The number of amides is 1. The molecule has 3 rings (SSSR count). The Morgan fingerprint density at radius 3 is 2.65 bits per heavy atom. The van der Waals surface area contributed by atoms with Gasteiger partial charge in [-0.05, 0) is 28.8 Å². The highest BCUT2D eigenvalue weighted by atomic mass is 16.5. The zero-order chi connectivity index (χ0) is 18.2. The summed E-state index contributed by atoms with van der Waals surface area (Å²) in [5.74, 6) is 0.337. The SMILES string of the molecule is COc1ccnc(NNC(=O)/C=C/c2cccc(-c3ccccc3)c2)n1. The van der Waals surface area contributed by atoms with Gasteiger partial charge in [-0.15, -0.1) is 0 Å². The number of methoxy groups -OCH3 is 1. The molecule has 1 heterocycles. The van der Waals surface area contributed by atoms with Crippen molar-refractivity contribution in [2.24, 2.45) is 0 Å². The molecule has 6 heteroatoms. The lowest BCUT2D eigenvalue weighted by atomic mass is 10.0. The average molecular weight is 346 g/mol. The van der Waals surface area contributed by atoms with Gasteiger partial charge in [0.15, 0.2) is 0 Å². The fourth-order valence-corrected chi connectivity index (χ4v) is 2.30. The fourth-order valence-electron chi connectivity index (χ4n) is 2.30. The van der Waals surface area contributed by atoms with Crippen LogP contribution in [0.25, 0.3) is 17.2 Å². The number of carbonyl (C=O) groups is 1. The van der Waals surface area contributed by atoms with Gasteiger partial charge in [0.25, 0.3) is 5.91 Å². The molecule has 2 aromatic carbocycles. The number of nitrogens with zero attached hydrogens (tertiary/aromatic N) is 2. The minimum absolute atomic E-state index is 0.247. The van der Waals surface area contributed by atoms with Gasteiger partial charge in [0, 0.05) is 18.3 Å². The molecule has 6 nitrogen and oxygen atoms in total. The summed E-state index contributed by atoms with van der Waals surface area (Å²) in [7, 11) is 1.51. The van der Waals surface area contributed by atoms with Crippen molar-refractivity contribution in [1.82, 2.24) is 15.4 Å². The third-order valence-corrected chi connectivity index (χ3v) is 3.56. The first-order chi connectivity index (χ1) is 12.7. The van der Waals surface area contributed by atoms with Gasteiger partial charge in [0.05, 0.1) is 7.11 Å². The number of hydrazine groups is 1. The van der Waals surface area contributed by atoms with Crippen molar-refractivity contribution in [2.45, 2.75) is 0 Å². The molecule has 0 bridgehead atoms. The summed E-state index contributed by atoms with van der Waals surface area (Å²) < 4.78 is 5.00. The minimum Gasteiger partial charge on any atom is -0.481 e. The Kier molecular flexibility index (Phi) is 5.57. The van der Waals surface area contributed by atoms with Crippen molar-refractivity contribution < 1.29 is 9.53 Å². The standard InChI is InChI=1S/C20H18N4O2/c1-26-19-12-13-21-20(22-19)24-23-18(25)11-10-15-6-5-9-17(14-15)16-7-3-2-4-8-16/h2-14H,1H3,(H,23,25)(H,21,22,24)/b11-10+. The van der Waals surface area contributed by atoms with E-state index in [1.807, 2.05) is 54.6 Å². The van der Waals surface area contributed by atoms with Gasteiger partial charge in [-0.1, -0.05) is 48.5 Å². The van der Waals surface area contributed by atoms with E-state index < -0.39 is 0 Å². The van der Waals surface area contributed by atoms with Crippen LogP contribution in [0.2, 0.25) is 0 Å². The first kappa shape index (κ1) is 17.2. The zero-order valence-corrected chi connectivity index (χ0v) is 14.2. The average Bonchev–Trinajstić information content (AvgIpc) is 2.72. The van der Waals surface area contributed by atoms with Crippen LogP contribution in [0.3, 0.4) is 0 Å². The maximum absolute atomic E-state index is 12.0. The third kappa shape index (κ3) is 4.67. The Hall–Kier alpha value is -3.67. The van der Waals surface area contributed by atoms with E-state index in [-0.39, 0.29) is 11.9 Å². The van der Waals surface area contributed by atoms with Gasteiger partial charge >= 0.3 is 0 Å². The lowest BCUT2D eigenvalue weighted by Gasteiger charge is -2.06. The molecule has 0 fully saturated rings. The maximum Gasteiger partial charge on any atom is 0.262 e. The molecule has 0 radical (unpaired) electrons. The van der Waals surface area contributed by atoms with E-state index >= 15 is 0 Å². The molecule has 1 amide bonds.